The van der Waals surface area contributed by atoms with Gasteiger partial charge in [0, 0.05) is 12.7 Å². The summed E-state index contributed by atoms with van der Waals surface area (Å²) in [7, 11) is 0. The second kappa shape index (κ2) is 2.51. The molecular weight excluding hydrogens is 130 g/mol. The predicted octanol–water partition coefficient (Wildman–Crippen LogP) is -0.155. The highest BCUT2D eigenvalue weighted by Crippen LogP contribution is 1.87. The van der Waals surface area contributed by atoms with E-state index in [0.717, 1.165) is 0 Å². The molecule has 10 heavy (non-hydrogen) atoms. The van der Waals surface area contributed by atoms with Crippen LogP contribution in [0, 0.1) is 0 Å². The van der Waals surface area contributed by atoms with E-state index >= 15 is 0 Å². The van der Waals surface area contributed by atoms with Crippen molar-refractivity contribution in [3.63, 3.8) is 0 Å². The van der Waals surface area contributed by atoms with E-state index in [0.29, 0.717) is 6.54 Å². The van der Waals surface area contributed by atoms with Gasteiger partial charge in [-0.3, -0.25) is 4.57 Å². The molecule has 0 atom stereocenters. The molecule has 0 unspecified atom stereocenters. The largest absolute Gasteiger partial charge is 0.383 e. The van der Waals surface area contributed by atoms with Crippen molar-refractivity contribution >= 4 is 5.82 Å². The van der Waals surface area contributed by atoms with Gasteiger partial charge in [0.25, 0.3) is 0 Å². The molecule has 0 radical (unpaired) electrons. The number of rotatable bonds is 1. The zero-order valence-electron chi connectivity index (χ0n) is 5.74. The van der Waals surface area contributed by atoms with Crippen molar-refractivity contribution in [2.75, 3.05) is 5.73 Å². The molecule has 0 spiro atoms. The van der Waals surface area contributed by atoms with Gasteiger partial charge in [0.05, 0.1) is 0 Å². The number of nitrogens with two attached hydrogens (primary N) is 1. The highest BCUT2D eigenvalue weighted by molar-refractivity contribution is 5.23. The van der Waals surface area contributed by atoms with Crippen LogP contribution in [0.3, 0.4) is 0 Å². The molecule has 4 heteroatoms. The van der Waals surface area contributed by atoms with Crippen LogP contribution >= 0.6 is 0 Å². The molecule has 0 fully saturated rings. The van der Waals surface area contributed by atoms with Gasteiger partial charge in [0.15, 0.2) is 0 Å². The van der Waals surface area contributed by atoms with Crippen molar-refractivity contribution in [1.82, 2.24) is 9.55 Å². The van der Waals surface area contributed by atoms with Crippen LogP contribution in [0.25, 0.3) is 0 Å². The topological polar surface area (TPSA) is 60.9 Å². The zero-order chi connectivity index (χ0) is 7.56. The maximum atomic E-state index is 10.8. The maximum Gasteiger partial charge on any atom is 0.349 e. The third-order valence-corrected chi connectivity index (χ3v) is 1.24. The molecule has 1 rings (SSSR count). The minimum atomic E-state index is -0.289. The second-order valence-corrected chi connectivity index (χ2v) is 1.92. The molecular formula is C6H9N3O. The van der Waals surface area contributed by atoms with Crippen molar-refractivity contribution < 1.29 is 0 Å². The molecule has 0 saturated carbocycles. The molecule has 1 heterocycles. The first kappa shape index (κ1) is 6.80. The SMILES string of the molecule is CCn1ccc(N)nc1=O. The van der Waals surface area contributed by atoms with Gasteiger partial charge in [-0.15, -0.1) is 0 Å². The lowest BCUT2D eigenvalue weighted by atomic mass is 10.6. The van der Waals surface area contributed by atoms with Gasteiger partial charge in [-0.25, -0.2) is 4.79 Å². The Hall–Kier alpha value is -1.32. The van der Waals surface area contributed by atoms with E-state index in [2.05, 4.69) is 4.98 Å². The minimum Gasteiger partial charge on any atom is -0.383 e. The number of aryl methyl sites for hydroxylation is 1. The van der Waals surface area contributed by atoms with E-state index in [1.807, 2.05) is 6.92 Å². The Morgan fingerprint density at radius 1 is 1.80 bits per heavy atom. The summed E-state index contributed by atoms with van der Waals surface area (Å²) in [6.45, 7) is 2.51. The van der Waals surface area contributed by atoms with E-state index in [1.165, 1.54) is 4.57 Å². The maximum absolute atomic E-state index is 10.8. The van der Waals surface area contributed by atoms with E-state index in [9.17, 15) is 4.79 Å². The van der Waals surface area contributed by atoms with Crippen molar-refractivity contribution in [2.24, 2.45) is 0 Å². The lowest BCUT2D eigenvalue weighted by Gasteiger charge is -1.97. The molecule has 0 saturated heterocycles. The molecule has 4 nitrogen and oxygen atoms in total. The van der Waals surface area contributed by atoms with Crippen molar-refractivity contribution in [3.05, 3.63) is 22.7 Å². The smallest absolute Gasteiger partial charge is 0.349 e. The standard InChI is InChI=1S/C6H9N3O/c1-2-9-4-3-5(7)8-6(9)10/h3-4H,2H2,1H3,(H2,7,8,10). The van der Waals surface area contributed by atoms with Crippen LogP contribution in [0.4, 0.5) is 5.82 Å². The monoisotopic (exact) mass is 139 g/mol. The lowest BCUT2D eigenvalue weighted by molar-refractivity contribution is 0.701. The van der Waals surface area contributed by atoms with Gasteiger partial charge >= 0.3 is 5.69 Å². The third kappa shape index (κ3) is 1.15. The first-order valence-electron chi connectivity index (χ1n) is 3.07. The quantitative estimate of drug-likeness (QED) is 0.588. The summed E-state index contributed by atoms with van der Waals surface area (Å²) in [5.41, 5.74) is 4.97. The third-order valence-electron chi connectivity index (χ3n) is 1.24. The van der Waals surface area contributed by atoms with Gasteiger partial charge < -0.3 is 5.73 Å². The predicted molar refractivity (Wildman–Crippen MR) is 38.6 cm³/mol. The summed E-state index contributed by atoms with van der Waals surface area (Å²) in [6.07, 6.45) is 1.63. The summed E-state index contributed by atoms with van der Waals surface area (Å²) in [4.78, 5) is 14.4. The Kier molecular flexibility index (Phi) is 1.71. The van der Waals surface area contributed by atoms with Crippen LogP contribution < -0.4 is 11.4 Å². The molecule has 1 aromatic rings. The number of nitrogens with zero attached hydrogens (tertiary/aromatic N) is 2. The highest BCUT2D eigenvalue weighted by atomic mass is 16.1. The number of hydrogen-bond donors (Lipinski definition) is 1. The van der Waals surface area contributed by atoms with Gasteiger partial charge in [0.2, 0.25) is 0 Å². The van der Waals surface area contributed by atoms with Gasteiger partial charge in [-0.2, -0.15) is 4.98 Å². The molecule has 0 bridgehead atoms. The number of anilines is 1. The molecule has 0 amide bonds. The average molecular weight is 139 g/mol. The summed E-state index contributed by atoms with van der Waals surface area (Å²) < 4.78 is 1.48. The molecule has 54 valence electrons. The Balaban J connectivity index is 3.20. The van der Waals surface area contributed by atoms with Crippen LogP contribution in [0.15, 0.2) is 17.1 Å². The number of hydrogen-bond acceptors (Lipinski definition) is 3. The van der Waals surface area contributed by atoms with E-state index in [1.54, 1.807) is 12.3 Å². The Morgan fingerprint density at radius 3 is 3.00 bits per heavy atom. The number of aromatic nitrogens is 2. The van der Waals surface area contributed by atoms with Gasteiger partial charge in [-0.05, 0) is 13.0 Å². The molecule has 0 aliphatic carbocycles. The second-order valence-electron chi connectivity index (χ2n) is 1.92. The van der Waals surface area contributed by atoms with E-state index < -0.39 is 0 Å². The average Bonchev–Trinajstić information content (AvgIpc) is 1.88. The van der Waals surface area contributed by atoms with Crippen molar-refractivity contribution in [3.8, 4) is 0 Å². The van der Waals surface area contributed by atoms with Crippen LogP contribution in [-0.4, -0.2) is 9.55 Å². The summed E-state index contributed by atoms with van der Waals surface area (Å²) in [5.74, 6) is 0.273. The minimum absolute atomic E-state index is 0.273. The van der Waals surface area contributed by atoms with Crippen LogP contribution in [0.5, 0.6) is 0 Å². The van der Waals surface area contributed by atoms with Crippen molar-refractivity contribution in [2.45, 2.75) is 13.5 Å². The fourth-order valence-corrected chi connectivity index (χ4v) is 0.683. The van der Waals surface area contributed by atoms with Crippen LogP contribution in [-0.2, 0) is 6.54 Å². The Bertz CT molecular complexity index is 279. The highest BCUT2D eigenvalue weighted by Gasteiger charge is 1.92. The lowest BCUT2D eigenvalue weighted by Crippen LogP contribution is -2.21. The summed E-state index contributed by atoms with van der Waals surface area (Å²) in [5, 5.41) is 0. The van der Waals surface area contributed by atoms with E-state index in [4.69, 9.17) is 5.73 Å². The van der Waals surface area contributed by atoms with E-state index in [-0.39, 0.29) is 11.5 Å². The first-order chi connectivity index (χ1) is 4.74. The first-order valence-corrected chi connectivity index (χ1v) is 3.07. The Morgan fingerprint density at radius 2 is 2.50 bits per heavy atom. The molecule has 1 aromatic heterocycles. The van der Waals surface area contributed by atoms with Crippen LogP contribution in [0.2, 0.25) is 0 Å². The Labute approximate surface area is 58.3 Å². The fourth-order valence-electron chi connectivity index (χ4n) is 0.683. The summed E-state index contributed by atoms with van der Waals surface area (Å²) in [6, 6.07) is 1.60. The van der Waals surface area contributed by atoms with Gasteiger partial charge in [-0.1, -0.05) is 0 Å². The van der Waals surface area contributed by atoms with Gasteiger partial charge in [0.1, 0.15) is 5.82 Å². The fraction of sp³-hybridized carbons (Fsp3) is 0.333. The molecule has 0 aromatic carbocycles. The van der Waals surface area contributed by atoms with Crippen LogP contribution in [0.1, 0.15) is 6.92 Å². The summed E-state index contributed by atoms with van der Waals surface area (Å²) >= 11 is 0. The number of nitrogen functional groups attached to an aromatic ring is 1. The normalized spacial score (nSPS) is 9.70. The molecule has 2 N–H and O–H groups in total. The zero-order valence-corrected chi connectivity index (χ0v) is 5.74. The van der Waals surface area contributed by atoms with Crippen molar-refractivity contribution in [1.29, 1.82) is 0 Å². The molecule has 0 aliphatic heterocycles. The molecule has 0 aliphatic rings.